The molecule has 2 N–H and O–H groups in total. The van der Waals surface area contributed by atoms with Crippen molar-refractivity contribution in [3.05, 3.63) is 4.91 Å². The monoisotopic (exact) mass is 204 g/mol. The third-order valence-electron chi connectivity index (χ3n) is 2.11. The van der Waals surface area contributed by atoms with Crippen molar-refractivity contribution in [2.45, 2.75) is 25.8 Å². The summed E-state index contributed by atoms with van der Waals surface area (Å²) in [6, 6.07) is -0.139. The molecular weight excluding hydrogens is 184 g/mol. The molecule has 0 saturated carbocycles. The molecular formula is C9H20N2O3. The summed E-state index contributed by atoms with van der Waals surface area (Å²) in [4.78, 5) is 12.1. The van der Waals surface area contributed by atoms with Crippen molar-refractivity contribution in [2.75, 3.05) is 32.8 Å². The van der Waals surface area contributed by atoms with Gasteiger partial charge in [0.25, 0.3) is 0 Å². The van der Waals surface area contributed by atoms with E-state index in [2.05, 4.69) is 5.18 Å². The molecule has 0 aliphatic rings. The molecule has 5 heteroatoms. The molecule has 0 saturated heterocycles. The van der Waals surface area contributed by atoms with Crippen molar-refractivity contribution < 1.29 is 10.2 Å². The van der Waals surface area contributed by atoms with E-state index in [9.17, 15) is 4.91 Å². The molecule has 0 aromatic heterocycles. The molecule has 0 rings (SSSR count). The number of aliphatic hydroxyl groups excluding tert-OH is 2. The van der Waals surface area contributed by atoms with Crippen LogP contribution in [0.5, 0.6) is 0 Å². The van der Waals surface area contributed by atoms with Crippen LogP contribution in [0.25, 0.3) is 0 Å². The number of hydrogen-bond donors (Lipinski definition) is 2. The smallest absolute Gasteiger partial charge is 0.0892 e. The first kappa shape index (κ1) is 13.5. The minimum Gasteiger partial charge on any atom is -0.395 e. The standard InChI is InChI=1S/C9H20N2O3/c1-9(10-14)3-2-4-11(5-7-12)6-8-13/h9,12-13H,2-8H2,1H3. The molecule has 1 atom stereocenters. The van der Waals surface area contributed by atoms with Gasteiger partial charge >= 0.3 is 0 Å². The molecule has 0 heterocycles. The van der Waals surface area contributed by atoms with E-state index in [4.69, 9.17) is 10.2 Å². The summed E-state index contributed by atoms with van der Waals surface area (Å²) in [5.74, 6) is 0. The van der Waals surface area contributed by atoms with Crippen LogP contribution in [0.2, 0.25) is 0 Å². The maximum atomic E-state index is 10.1. The van der Waals surface area contributed by atoms with Crippen molar-refractivity contribution in [3.63, 3.8) is 0 Å². The van der Waals surface area contributed by atoms with Gasteiger partial charge in [-0.3, -0.25) is 4.90 Å². The molecule has 84 valence electrons. The number of nitrogens with zero attached hydrogens (tertiary/aromatic N) is 2. The Morgan fingerprint density at radius 2 is 1.79 bits per heavy atom. The topological polar surface area (TPSA) is 73.1 Å². The van der Waals surface area contributed by atoms with Crippen LogP contribution in [0.4, 0.5) is 0 Å². The van der Waals surface area contributed by atoms with Crippen LogP contribution in [0.3, 0.4) is 0 Å². The van der Waals surface area contributed by atoms with Crippen molar-refractivity contribution in [1.82, 2.24) is 4.90 Å². The van der Waals surface area contributed by atoms with E-state index < -0.39 is 0 Å². The van der Waals surface area contributed by atoms with E-state index in [-0.39, 0.29) is 19.3 Å². The summed E-state index contributed by atoms with van der Waals surface area (Å²) in [5, 5.41) is 20.4. The van der Waals surface area contributed by atoms with Crippen LogP contribution >= 0.6 is 0 Å². The zero-order valence-corrected chi connectivity index (χ0v) is 8.72. The predicted octanol–water partition coefficient (Wildman–Crippen LogP) is 0.208. The first-order valence-corrected chi connectivity index (χ1v) is 5.01. The highest BCUT2D eigenvalue weighted by atomic mass is 16.3. The van der Waals surface area contributed by atoms with Crippen molar-refractivity contribution in [1.29, 1.82) is 0 Å². The number of rotatable bonds is 9. The lowest BCUT2D eigenvalue weighted by Gasteiger charge is -2.19. The number of hydrogen-bond acceptors (Lipinski definition) is 5. The van der Waals surface area contributed by atoms with Gasteiger partial charge in [-0.1, -0.05) is 5.18 Å². The molecule has 5 nitrogen and oxygen atoms in total. The normalized spacial score (nSPS) is 13.1. The Labute approximate surface area is 84.7 Å². The SMILES string of the molecule is CC(CCCN(CCO)CCO)N=O. The van der Waals surface area contributed by atoms with Gasteiger partial charge in [0.2, 0.25) is 0 Å². The Bertz CT molecular complexity index is 138. The van der Waals surface area contributed by atoms with E-state index in [0.29, 0.717) is 13.1 Å². The fourth-order valence-corrected chi connectivity index (χ4v) is 1.28. The third-order valence-corrected chi connectivity index (χ3v) is 2.11. The lowest BCUT2D eigenvalue weighted by molar-refractivity contribution is 0.159. The Balaban J connectivity index is 3.53. The Morgan fingerprint density at radius 3 is 2.21 bits per heavy atom. The fraction of sp³-hybridized carbons (Fsp3) is 1.00. The lowest BCUT2D eigenvalue weighted by atomic mass is 10.2. The second-order valence-electron chi connectivity index (χ2n) is 3.39. The quantitative estimate of drug-likeness (QED) is 0.526. The van der Waals surface area contributed by atoms with Crippen LogP contribution < -0.4 is 0 Å². The van der Waals surface area contributed by atoms with Gasteiger partial charge in [-0.15, -0.1) is 0 Å². The average Bonchev–Trinajstić information content (AvgIpc) is 2.18. The zero-order valence-electron chi connectivity index (χ0n) is 8.72. The molecule has 0 aliphatic carbocycles. The molecule has 1 unspecified atom stereocenters. The fourth-order valence-electron chi connectivity index (χ4n) is 1.28. The molecule has 0 aromatic rings. The Morgan fingerprint density at radius 1 is 1.21 bits per heavy atom. The van der Waals surface area contributed by atoms with Crippen LogP contribution in [0, 0.1) is 4.91 Å². The van der Waals surface area contributed by atoms with E-state index in [0.717, 1.165) is 19.4 Å². The second-order valence-corrected chi connectivity index (χ2v) is 3.39. The molecule has 0 bridgehead atoms. The summed E-state index contributed by atoms with van der Waals surface area (Å²) in [6.45, 7) is 3.92. The third kappa shape index (κ3) is 6.94. The van der Waals surface area contributed by atoms with Gasteiger partial charge in [-0.25, -0.2) is 0 Å². The summed E-state index contributed by atoms with van der Waals surface area (Å²) in [7, 11) is 0. The van der Waals surface area contributed by atoms with Gasteiger partial charge in [0, 0.05) is 13.1 Å². The minimum absolute atomic E-state index is 0.0987. The zero-order chi connectivity index (χ0) is 10.8. The van der Waals surface area contributed by atoms with Crippen molar-refractivity contribution in [3.8, 4) is 0 Å². The maximum absolute atomic E-state index is 10.1. The summed E-state index contributed by atoms with van der Waals surface area (Å²) < 4.78 is 0. The first-order chi connectivity index (χ1) is 6.74. The predicted molar refractivity (Wildman–Crippen MR) is 55.1 cm³/mol. The van der Waals surface area contributed by atoms with Gasteiger partial charge in [-0.2, -0.15) is 4.91 Å². The largest absolute Gasteiger partial charge is 0.395 e. The highest BCUT2D eigenvalue weighted by molar-refractivity contribution is 4.62. The molecule has 0 amide bonds. The van der Waals surface area contributed by atoms with Crippen LogP contribution in [0.1, 0.15) is 19.8 Å². The summed E-state index contributed by atoms with van der Waals surface area (Å²) in [6.07, 6.45) is 1.63. The summed E-state index contributed by atoms with van der Waals surface area (Å²) in [5.41, 5.74) is 0. The number of nitroso groups, excluding NO2 is 1. The Kier molecular flexibility index (Phi) is 8.72. The van der Waals surface area contributed by atoms with Crippen LogP contribution in [0.15, 0.2) is 5.18 Å². The van der Waals surface area contributed by atoms with Crippen LogP contribution in [-0.4, -0.2) is 54.0 Å². The maximum Gasteiger partial charge on any atom is 0.0892 e. The van der Waals surface area contributed by atoms with Gasteiger partial charge in [-0.05, 0) is 26.3 Å². The highest BCUT2D eigenvalue weighted by Crippen LogP contribution is 2.02. The van der Waals surface area contributed by atoms with Gasteiger partial charge in [0.1, 0.15) is 0 Å². The Hall–Kier alpha value is -0.520. The van der Waals surface area contributed by atoms with Gasteiger partial charge < -0.3 is 10.2 Å². The molecule has 0 aliphatic heterocycles. The molecule has 0 fully saturated rings. The van der Waals surface area contributed by atoms with E-state index >= 15 is 0 Å². The highest BCUT2D eigenvalue weighted by Gasteiger charge is 2.05. The second kappa shape index (κ2) is 9.05. The molecule has 0 aromatic carbocycles. The summed E-state index contributed by atoms with van der Waals surface area (Å²) >= 11 is 0. The van der Waals surface area contributed by atoms with Gasteiger partial charge in [0.05, 0.1) is 19.3 Å². The van der Waals surface area contributed by atoms with Crippen molar-refractivity contribution >= 4 is 0 Å². The van der Waals surface area contributed by atoms with E-state index in [1.165, 1.54) is 0 Å². The molecule has 14 heavy (non-hydrogen) atoms. The van der Waals surface area contributed by atoms with Gasteiger partial charge in [0.15, 0.2) is 0 Å². The average molecular weight is 204 g/mol. The minimum atomic E-state index is -0.139. The van der Waals surface area contributed by atoms with E-state index in [1.807, 2.05) is 4.90 Å². The lowest BCUT2D eigenvalue weighted by Crippen LogP contribution is -2.31. The molecule has 0 radical (unpaired) electrons. The first-order valence-electron chi connectivity index (χ1n) is 5.01. The number of aliphatic hydroxyl groups is 2. The van der Waals surface area contributed by atoms with Crippen LogP contribution in [-0.2, 0) is 0 Å². The molecule has 0 spiro atoms. The van der Waals surface area contributed by atoms with E-state index in [1.54, 1.807) is 6.92 Å². The van der Waals surface area contributed by atoms with Crippen molar-refractivity contribution in [2.24, 2.45) is 5.18 Å².